The molecule has 1 aromatic rings. The highest BCUT2D eigenvalue weighted by Crippen LogP contribution is 2.26. The molecule has 1 rings (SSSR count). The summed E-state index contributed by atoms with van der Waals surface area (Å²) in [5, 5.41) is 9.15. The lowest BCUT2D eigenvalue weighted by Crippen LogP contribution is -2.33. The minimum absolute atomic E-state index is 0.0927. The maximum Gasteiger partial charge on any atom is 0.340 e. The third-order valence-electron chi connectivity index (χ3n) is 3.03. The lowest BCUT2D eigenvalue weighted by molar-refractivity contribution is 0.0691. The first kappa shape index (κ1) is 16.7. The first-order valence-corrected chi connectivity index (χ1v) is 8.04. The van der Waals surface area contributed by atoms with Crippen LogP contribution in [0, 0.1) is 13.8 Å². The summed E-state index contributed by atoms with van der Waals surface area (Å²) in [7, 11) is -3.90. The van der Waals surface area contributed by atoms with Crippen LogP contribution < -0.4 is 4.72 Å². The number of hydrogen-bond acceptors (Lipinski definition) is 4. The number of rotatable bonds is 7. The number of sulfonamides is 1. The average Bonchev–Trinajstić information content (AvgIpc) is 2.61. The minimum atomic E-state index is -3.90. The number of carbonyl (C=O) groups is 1. The number of hydrogen-bond donors (Lipinski definition) is 2. The quantitative estimate of drug-likeness (QED) is 0.806. The summed E-state index contributed by atoms with van der Waals surface area (Å²) < 4.78 is 32.3. The van der Waals surface area contributed by atoms with Crippen molar-refractivity contribution in [2.24, 2.45) is 0 Å². The summed E-state index contributed by atoms with van der Waals surface area (Å²) >= 11 is 0. The largest absolute Gasteiger partial charge is 0.478 e. The highest BCUT2D eigenvalue weighted by Gasteiger charge is 2.31. The molecule has 0 fully saturated rings. The molecule has 6 nitrogen and oxygen atoms in total. The highest BCUT2D eigenvalue weighted by molar-refractivity contribution is 7.89. The van der Waals surface area contributed by atoms with Crippen LogP contribution in [0.25, 0.3) is 0 Å². The Labute approximate surface area is 119 Å². The molecule has 114 valence electrons. The van der Waals surface area contributed by atoms with Crippen molar-refractivity contribution >= 4 is 16.0 Å². The van der Waals surface area contributed by atoms with Crippen LogP contribution in [0.5, 0.6) is 0 Å². The zero-order chi connectivity index (χ0) is 15.5. The van der Waals surface area contributed by atoms with Gasteiger partial charge in [-0.1, -0.05) is 19.8 Å². The lowest BCUT2D eigenvalue weighted by atomic mass is 10.2. The second-order valence-electron chi connectivity index (χ2n) is 4.89. The Kier molecular flexibility index (Phi) is 5.35. The Balaban J connectivity index is 3.13. The van der Waals surface area contributed by atoms with Gasteiger partial charge in [0.1, 0.15) is 22.0 Å². The molecule has 1 aromatic heterocycles. The van der Waals surface area contributed by atoms with Gasteiger partial charge in [-0.05, 0) is 27.2 Å². The number of furan rings is 1. The van der Waals surface area contributed by atoms with Gasteiger partial charge in [0.25, 0.3) is 0 Å². The van der Waals surface area contributed by atoms with Crippen LogP contribution in [0.15, 0.2) is 9.31 Å². The molecule has 0 spiro atoms. The number of carboxylic acid groups (broad SMARTS) is 1. The fourth-order valence-corrected chi connectivity index (χ4v) is 3.81. The number of carboxylic acids is 1. The van der Waals surface area contributed by atoms with Crippen LogP contribution in [0.4, 0.5) is 0 Å². The Morgan fingerprint density at radius 1 is 1.35 bits per heavy atom. The van der Waals surface area contributed by atoms with E-state index in [0.717, 1.165) is 12.8 Å². The van der Waals surface area contributed by atoms with E-state index in [1.807, 2.05) is 6.92 Å². The molecule has 0 aliphatic carbocycles. The van der Waals surface area contributed by atoms with Crippen molar-refractivity contribution in [3.05, 3.63) is 17.1 Å². The van der Waals surface area contributed by atoms with E-state index in [4.69, 9.17) is 9.52 Å². The van der Waals surface area contributed by atoms with Crippen LogP contribution in [-0.2, 0) is 10.0 Å². The van der Waals surface area contributed by atoms with Crippen molar-refractivity contribution < 1.29 is 22.7 Å². The lowest BCUT2D eigenvalue weighted by Gasteiger charge is -2.13. The van der Waals surface area contributed by atoms with Gasteiger partial charge >= 0.3 is 5.97 Å². The molecule has 1 unspecified atom stereocenters. The van der Waals surface area contributed by atoms with E-state index in [2.05, 4.69) is 4.72 Å². The molecular weight excluding hydrogens is 282 g/mol. The van der Waals surface area contributed by atoms with Crippen LogP contribution in [0.2, 0.25) is 0 Å². The van der Waals surface area contributed by atoms with E-state index < -0.39 is 16.0 Å². The summed E-state index contributed by atoms with van der Waals surface area (Å²) in [5.41, 5.74) is -0.294. The van der Waals surface area contributed by atoms with E-state index in [0.29, 0.717) is 6.42 Å². The molecule has 0 saturated carbocycles. The summed E-state index contributed by atoms with van der Waals surface area (Å²) in [4.78, 5) is 10.9. The summed E-state index contributed by atoms with van der Waals surface area (Å²) in [6.45, 7) is 6.67. The topological polar surface area (TPSA) is 96.6 Å². The molecule has 0 aliphatic heterocycles. The number of aromatic carboxylic acids is 1. The van der Waals surface area contributed by atoms with Crippen molar-refractivity contribution in [1.29, 1.82) is 0 Å². The minimum Gasteiger partial charge on any atom is -0.478 e. The molecule has 0 aromatic carbocycles. The first-order valence-electron chi connectivity index (χ1n) is 6.56. The van der Waals surface area contributed by atoms with Gasteiger partial charge in [-0.25, -0.2) is 17.9 Å². The molecule has 7 heteroatoms. The summed E-state index contributed by atoms with van der Waals surface area (Å²) in [6, 6.07) is -0.254. The SMILES string of the molecule is CCCCC(C)NS(=O)(=O)c1c(C)oc(C)c1C(=O)O. The van der Waals surface area contributed by atoms with Gasteiger partial charge in [0.2, 0.25) is 10.0 Å². The predicted octanol–water partition coefficient (Wildman–Crippen LogP) is 2.45. The normalized spacial score (nSPS) is 13.4. The second-order valence-corrected chi connectivity index (χ2v) is 6.54. The Morgan fingerprint density at radius 2 is 1.95 bits per heavy atom. The molecule has 1 atom stereocenters. The van der Waals surface area contributed by atoms with Crippen molar-refractivity contribution in [1.82, 2.24) is 4.72 Å². The first-order chi connectivity index (χ1) is 9.20. The zero-order valence-electron chi connectivity index (χ0n) is 12.2. The van der Waals surface area contributed by atoms with Gasteiger partial charge in [0.15, 0.2) is 0 Å². The standard InChI is InChI=1S/C13H21NO5S/c1-5-6-7-8(2)14-20(17,18)12-10(4)19-9(3)11(12)13(15)16/h8,14H,5-7H2,1-4H3,(H,15,16). The van der Waals surface area contributed by atoms with E-state index in [9.17, 15) is 13.2 Å². The van der Waals surface area contributed by atoms with E-state index in [1.165, 1.54) is 13.8 Å². The van der Waals surface area contributed by atoms with Crippen LogP contribution >= 0.6 is 0 Å². The molecule has 0 saturated heterocycles. The fourth-order valence-electron chi connectivity index (χ4n) is 2.13. The van der Waals surface area contributed by atoms with Gasteiger partial charge in [0, 0.05) is 6.04 Å². The average molecular weight is 303 g/mol. The zero-order valence-corrected chi connectivity index (χ0v) is 13.0. The number of aryl methyl sites for hydroxylation is 2. The monoisotopic (exact) mass is 303 g/mol. The summed E-state index contributed by atoms with van der Waals surface area (Å²) in [5.74, 6) is -1.12. The predicted molar refractivity (Wildman–Crippen MR) is 74.4 cm³/mol. The van der Waals surface area contributed by atoms with Crippen molar-refractivity contribution in [3.63, 3.8) is 0 Å². The molecule has 0 amide bonds. The van der Waals surface area contributed by atoms with Gasteiger partial charge in [-0.3, -0.25) is 0 Å². The van der Waals surface area contributed by atoms with Crippen molar-refractivity contribution in [2.45, 2.75) is 57.9 Å². The molecular formula is C13H21NO5S. The van der Waals surface area contributed by atoms with E-state index >= 15 is 0 Å². The van der Waals surface area contributed by atoms with Crippen molar-refractivity contribution in [2.75, 3.05) is 0 Å². The van der Waals surface area contributed by atoms with E-state index in [-0.39, 0.29) is 28.0 Å². The molecule has 1 heterocycles. The van der Waals surface area contributed by atoms with Gasteiger partial charge in [0.05, 0.1) is 0 Å². The van der Waals surface area contributed by atoms with Crippen LogP contribution in [-0.4, -0.2) is 25.5 Å². The van der Waals surface area contributed by atoms with Crippen molar-refractivity contribution in [3.8, 4) is 0 Å². The molecule has 0 radical (unpaired) electrons. The number of nitrogens with one attached hydrogen (secondary N) is 1. The maximum absolute atomic E-state index is 12.3. The van der Waals surface area contributed by atoms with Crippen LogP contribution in [0.1, 0.15) is 55.0 Å². The van der Waals surface area contributed by atoms with E-state index in [1.54, 1.807) is 6.92 Å². The van der Waals surface area contributed by atoms with Crippen LogP contribution in [0.3, 0.4) is 0 Å². The molecule has 20 heavy (non-hydrogen) atoms. The Hall–Kier alpha value is -1.34. The second kappa shape index (κ2) is 6.41. The maximum atomic E-state index is 12.3. The molecule has 0 bridgehead atoms. The van der Waals surface area contributed by atoms with Gasteiger partial charge in [-0.15, -0.1) is 0 Å². The van der Waals surface area contributed by atoms with Gasteiger partial charge < -0.3 is 9.52 Å². The van der Waals surface area contributed by atoms with Gasteiger partial charge in [-0.2, -0.15) is 0 Å². The smallest absolute Gasteiger partial charge is 0.340 e. The third-order valence-corrected chi connectivity index (χ3v) is 4.78. The summed E-state index contributed by atoms with van der Waals surface area (Å²) in [6.07, 6.45) is 2.57. The highest BCUT2D eigenvalue weighted by atomic mass is 32.2. The Bertz CT molecular complexity index is 588. The molecule has 2 N–H and O–H groups in total. The third kappa shape index (κ3) is 3.61. The Morgan fingerprint density at radius 3 is 2.45 bits per heavy atom. The number of unbranched alkanes of at least 4 members (excludes halogenated alkanes) is 1. The fraction of sp³-hybridized carbons (Fsp3) is 0.615. The molecule has 0 aliphatic rings.